The van der Waals surface area contributed by atoms with Gasteiger partial charge in [-0.3, -0.25) is 4.90 Å². The molecule has 2 aliphatic rings. The van der Waals surface area contributed by atoms with Crippen molar-refractivity contribution in [1.82, 2.24) is 15.0 Å². The van der Waals surface area contributed by atoms with Crippen molar-refractivity contribution in [3.63, 3.8) is 0 Å². The summed E-state index contributed by atoms with van der Waals surface area (Å²) < 4.78 is 5.01. The lowest BCUT2D eigenvalue weighted by Crippen LogP contribution is -2.21. The van der Waals surface area contributed by atoms with E-state index in [1.165, 1.54) is 32.4 Å². The van der Waals surface area contributed by atoms with E-state index < -0.39 is 0 Å². The van der Waals surface area contributed by atoms with Crippen molar-refractivity contribution in [2.45, 2.75) is 32.4 Å². The molecule has 5 nitrogen and oxygen atoms in total. The van der Waals surface area contributed by atoms with Crippen LogP contribution >= 0.6 is 0 Å². The second-order valence-corrected chi connectivity index (χ2v) is 4.95. The van der Waals surface area contributed by atoms with Crippen molar-refractivity contribution < 1.29 is 4.52 Å². The van der Waals surface area contributed by atoms with Crippen LogP contribution in [-0.2, 0) is 13.1 Å². The van der Waals surface area contributed by atoms with E-state index in [9.17, 15) is 0 Å². The molecule has 5 heteroatoms. The van der Waals surface area contributed by atoms with Crippen LogP contribution in [0.3, 0.4) is 0 Å². The third kappa shape index (κ3) is 1.85. The maximum absolute atomic E-state index is 5.44. The largest absolute Gasteiger partial charge is 0.338 e. The van der Waals surface area contributed by atoms with E-state index in [1.54, 1.807) is 0 Å². The summed E-state index contributed by atoms with van der Waals surface area (Å²) in [5, 5.41) is 3.94. The first-order valence-electron chi connectivity index (χ1n) is 6.09. The number of likely N-dealkylation sites (tertiary alicyclic amines) is 1. The molecule has 0 spiro atoms. The highest BCUT2D eigenvalue weighted by molar-refractivity contribution is 4.92. The van der Waals surface area contributed by atoms with Gasteiger partial charge in [0.25, 0.3) is 0 Å². The molecule has 1 aliphatic carbocycles. The lowest BCUT2D eigenvalue weighted by Gasteiger charge is -2.13. The van der Waals surface area contributed by atoms with Crippen molar-refractivity contribution in [3.8, 4) is 0 Å². The van der Waals surface area contributed by atoms with E-state index in [2.05, 4.69) is 15.0 Å². The molecule has 1 saturated carbocycles. The molecule has 2 atom stereocenters. The fraction of sp³-hybridized carbons (Fsp3) is 0.818. The number of nitrogens with zero attached hydrogens (tertiary/aromatic N) is 3. The Bertz CT molecular complexity index is 353. The monoisotopic (exact) mass is 222 g/mol. The minimum Gasteiger partial charge on any atom is -0.338 e. The Hall–Kier alpha value is -0.940. The van der Waals surface area contributed by atoms with Gasteiger partial charge in [0, 0.05) is 13.1 Å². The quantitative estimate of drug-likeness (QED) is 0.817. The van der Waals surface area contributed by atoms with Crippen molar-refractivity contribution in [1.29, 1.82) is 0 Å². The Morgan fingerprint density at radius 3 is 2.69 bits per heavy atom. The first-order chi connectivity index (χ1) is 7.85. The lowest BCUT2D eigenvalue weighted by molar-refractivity contribution is 0.287. The van der Waals surface area contributed by atoms with E-state index >= 15 is 0 Å². The normalized spacial score (nSPS) is 29.8. The van der Waals surface area contributed by atoms with Gasteiger partial charge in [0.1, 0.15) is 0 Å². The van der Waals surface area contributed by atoms with Crippen LogP contribution in [0, 0.1) is 11.8 Å². The summed E-state index contributed by atoms with van der Waals surface area (Å²) >= 11 is 0. The van der Waals surface area contributed by atoms with Gasteiger partial charge in [0.2, 0.25) is 5.89 Å². The van der Waals surface area contributed by atoms with Crippen LogP contribution in [-0.4, -0.2) is 28.1 Å². The van der Waals surface area contributed by atoms with Gasteiger partial charge in [-0.1, -0.05) is 11.6 Å². The number of aromatic nitrogens is 2. The van der Waals surface area contributed by atoms with E-state index in [0.29, 0.717) is 12.4 Å². The van der Waals surface area contributed by atoms with Crippen molar-refractivity contribution in [2.75, 3.05) is 13.1 Å². The van der Waals surface area contributed by atoms with Crippen LogP contribution in [0.15, 0.2) is 4.52 Å². The Morgan fingerprint density at radius 1 is 1.31 bits per heavy atom. The van der Waals surface area contributed by atoms with Gasteiger partial charge in [0.05, 0.1) is 13.1 Å². The third-order valence-electron chi connectivity index (χ3n) is 3.85. The molecule has 2 heterocycles. The second kappa shape index (κ2) is 4.14. The van der Waals surface area contributed by atoms with Crippen molar-refractivity contribution in [3.05, 3.63) is 11.7 Å². The lowest BCUT2D eigenvalue weighted by atomic mass is 10.0. The summed E-state index contributed by atoms with van der Waals surface area (Å²) in [6, 6.07) is 0. The Kier molecular flexibility index (Phi) is 2.65. The van der Waals surface area contributed by atoms with Gasteiger partial charge in [-0.05, 0) is 24.7 Å². The molecule has 16 heavy (non-hydrogen) atoms. The zero-order valence-electron chi connectivity index (χ0n) is 9.43. The van der Waals surface area contributed by atoms with Gasteiger partial charge in [-0.25, -0.2) is 0 Å². The zero-order chi connectivity index (χ0) is 11.0. The minimum atomic E-state index is 0.332. The fourth-order valence-corrected chi connectivity index (χ4v) is 3.10. The summed E-state index contributed by atoms with van der Waals surface area (Å²) in [7, 11) is 0. The molecular weight excluding hydrogens is 204 g/mol. The van der Waals surface area contributed by atoms with Crippen LogP contribution in [0.5, 0.6) is 0 Å². The molecule has 0 aromatic carbocycles. The molecule has 3 rings (SSSR count). The molecule has 1 aromatic rings. The standard InChI is InChI=1S/C11H18N4O/c12-4-11-13-10(14-16-11)7-15-5-8-2-1-3-9(8)6-15/h8-9H,1-7,12H2. The SMILES string of the molecule is NCc1nc(CN2CC3CCCC3C2)no1. The molecule has 1 saturated heterocycles. The summed E-state index contributed by atoms with van der Waals surface area (Å²) in [4.78, 5) is 6.69. The van der Waals surface area contributed by atoms with Crippen LogP contribution < -0.4 is 5.73 Å². The van der Waals surface area contributed by atoms with E-state index in [0.717, 1.165) is 24.2 Å². The number of hydrogen-bond donors (Lipinski definition) is 1. The van der Waals surface area contributed by atoms with Gasteiger partial charge in [-0.15, -0.1) is 0 Å². The Morgan fingerprint density at radius 2 is 2.06 bits per heavy atom. The highest BCUT2D eigenvalue weighted by Crippen LogP contribution is 2.37. The molecule has 88 valence electrons. The van der Waals surface area contributed by atoms with Crippen molar-refractivity contribution >= 4 is 0 Å². The highest BCUT2D eigenvalue weighted by atomic mass is 16.5. The highest BCUT2D eigenvalue weighted by Gasteiger charge is 2.36. The number of rotatable bonds is 3. The van der Waals surface area contributed by atoms with Crippen molar-refractivity contribution in [2.24, 2.45) is 17.6 Å². The first-order valence-corrected chi connectivity index (χ1v) is 6.09. The first kappa shape index (κ1) is 10.2. The molecule has 0 radical (unpaired) electrons. The molecular formula is C11H18N4O. The van der Waals surface area contributed by atoms with Crippen LogP contribution in [0.2, 0.25) is 0 Å². The average Bonchev–Trinajstić information content (AvgIpc) is 2.92. The maximum Gasteiger partial charge on any atom is 0.240 e. The Labute approximate surface area is 95.0 Å². The van der Waals surface area contributed by atoms with E-state index in [-0.39, 0.29) is 0 Å². The average molecular weight is 222 g/mol. The van der Waals surface area contributed by atoms with Crippen LogP contribution in [0.25, 0.3) is 0 Å². The summed E-state index contributed by atoms with van der Waals surface area (Å²) in [5.41, 5.74) is 5.44. The molecule has 0 amide bonds. The number of hydrogen-bond acceptors (Lipinski definition) is 5. The second-order valence-electron chi connectivity index (χ2n) is 4.95. The summed E-state index contributed by atoms with van der Waals surface area (Å²) in [5.74, 6) is 3.15. The smallest absolute Gasteiger partial charge is 0.240 e. The summed E-state index contributed by atoms with van der Waals surface area (Å²) in [6.07, 6.45) is 4.23. The van der Waals surface area contributed by atoms with E-state index in [4.69, 9.17) is 10.3 Å². The number of fused-ring (bicyclic) bond motifs is 1. The molecule has 2 N–H and O–H groups in total. The topological polar surface area (TPSA) is 68.2 Å². The molecule has 2 unspecified atom stereocenters. The third-order valence-corrected chi connectivity index (χ3v) is 3.85. The fourth-order valence-electron chi connectivity index (χ4n) is 3.10. The van der Waals surface area contributed by atoms with Gasteiger partial charge in [0.15, 0.2) is 5.82 Å². The molecule has 2 fully saturated rings. The van der Waals surface area contributed by atoms with E-state index in [1.807, 2.05) is 0 Å². The maximum atomic E-state index is 5.44. The van der Waals surface area contributed by atoms with Crippen LogP contribution in [0.1, 0.15) is 31.0 Å². The predicted octanol–water partition coefficient (Wildman–Crippen LogP) is 0.760. The Balaban J connectivity index is 1.59. The van der Waals surface area contributed by atoms with Gasteiger partial charge < -0.3 is 10.3 Å². The minimum absolute atomic E-state index is 0.332. The molecule has 1 aliphatic heterocycles. The van der Waals surface area contributed by atoms with Gasteiger partial charge in [-0.2, -0.15) is 4.98 Å². The zero-order valence-corrected chi connectivity index (χ0v) is 9.43. The molecule has 1 aromatic heterocycles. The molecule has 0 bridgehead atoms. The predicted molar refractivity (Wildman–Crippen MR) is 58.3 cm³/mol. The summed E-state index contributed by atoms with van der Waals surface area (Å²) in [6.45, 7) is 3.56. The van der Waals surface area contributed by atoms with Gasteiger partial charge >= 0.3 is 0 Å². The number of nitrogens with two attached hydrogens (primary N) is 1. The van der Waals surface area contributed by atoms with Crippen LogP contribution in [0.4, 0.5) is 0 Å².